The molecular formula is C23H23N5O2. The third-order valence-electron chi connectivity index (χ3n) is 5.06. The molecule has 30 heavy (non-hydrogen) atoms. The Kier molecular flexibility index (Phi) is 5.61. The summed E-state index contributed by atoms with van der Waals surface area (Å²) in [5.74, 6) is 0.468. The molecule has 0 aliphatic heterocycles. The first kappa shape index (κ1) is 19.4. The number of rotatable bonds is 6. The molecule has 1 amide bonds. The van der Waals surface area contributed by atoms with Crippen LogP contribution < -0.4 is 16.8 Å². The first-order valence-electron chi connectivity index (χ1n) is 9.77. The lowest BCUT2D eigenvalue weighted by Crippen LogP contribution is -2.26. The minimum Gasteiger partial charge on any atom is -0.449 e. The Bertz CT molecular complexity index is 1050. The van der Waals surface area contributed by atoms with Crippen molar-refractivity contribution in [3.63, 3.8) is 0 Å². The number of benzene rings is 2. The molecule has 4 rings (SSSR count). The first-order chi connectivity index (χ1) is 14.6. The third kappa shape index (κ3) is 4.10. The Labute approximate surface area is 174 Å². The molecule has 1 heterocycles. The molecule has 0 radical (unpaired) electrons. The Morgan fingerprint density at radius 1 is 1.03 bits per heavy atom. The van der Waals surface area contributed by atoms with E-state index < -0.39 is 6.09 Å². The number of nitrogens with one attached hydrogen (secondary N) is 1. The minimum absolute atomic E-state index is 0.0533. The van der Waals surface area contributed by atoms with Crippen LogP contribution in [0, 0.1) is 0 Å². The standard InChI is InChI=1S/C23H23N5O2/c24-21-22(25)28-15(13-27-21)7-5-6-12-26-23(29)30-14-20-18-10-3-1-8-16(18)17-9-2-4-11-19(17)20/h1-5,7-11,13,20H,6,12,14H2,(H2,24,27)(H2,25,28)(H,26,29). The van der Waals surface area contributed by atoms with Gasteiger partial charge in [-0.05, 0) is 34.8 Å². The molecule has 7 heteroatoms. The van der Waals surface area contributed by atoms with Gasteiger partial charge in [-0.3, -0.25) is 0 Å². The quantitative estimate of drug-likeness (QED) is 0.544. The van der Waals surface area contributed by atoms with E-state index in [1.54, 1.807) is 12.3 Å². The number of carbonyl (C=O) groups excluding carboxylic acids is 1. The van der Waals surface area contributed by atoms with E-state index in [1.807, 2.05) is 30.3 Å². The zero-order valence-corrected chi connectivity index (χ0v) is 16.4. The van der Waals surface area contributed by atoms with Gasteiger partial charge in [-0.25, -0.2) is 14.8 Å². The predicted molar refractivity (Wildman–Crippen MR) is 118 cm³/mol. The van der Waals surface area contributed by atoms with Gasteiger partial charge >= 0.3 is 6.09 Å². The van der Waals surface area contributed by atoms with E-state index in [0.29, 0.717) is 25.3 Å². The normalized spacial score (nSPS) is 12.5. The van der Waals surface area contributed by atoms with Crippen molar-refractivity contribution in [2.75, 3.05) is 24.6 Å². The zero-order valence-electron chi connectivity index (χ0n) is 16.4. The van der Waals surface area contributed by atoms with Gasteiger partial charge in [0.1, 0.15) is 6.61 Å². The number of alkyl carbamates (subject to hydrolysis) is 1. The van der Waals surface area contributed by atoms with Gasteiger partial charge in [0.05, 0.1) is 11.9 Å². The van der Waals surface area contributed by atoms with Gasteiger partial charge in [-0.2, -0.15) is 0 Å². The minimum atomic E-state index is -0.429. The molecule has 0 saturated heterocycles. The number of aromatic nitrogens is 2. The van der Waals surface area contributed by atoms with E-state index in [9.17, 15) is 4.79 Å². The summed E-state index contributed by atoms with van der Waals surface area (Å²) in [5.41, 5.74) is 16.6. The molecule has 1 aromatic heterocycles. The second-order valence-electron chi connectivity index (χ2n) is 7.01. The van der Waals surface area contributed by atoms with Gasteiger partial charge in [-0.15, -0.1) is 0 Å². The molecule has 5 N–H and O–H groups in total. The largest absolute Gasteiger partial charge is 0.449 e. The van der Waals surface area contributed by atoms with Crippen molar-refractivity contribution in [1.82, 2.24) is 15.3 Å². The summed E-state index contributed by atoms with van der Waals surface area (Å²) in [7, 11) is 0. The highest BCUT2D eigenvalue weighted by atomic mass is 16.5. The summed E-state index contributed by atoms with van der Waals surface area (Å²) in [6.45, 7) is 0.751. The van der Waals surface area contributed by atoms with E-state index in [4.69, 9.17) is 16.2 Å². The molecule has 0 saturated carbocycles. The summed E-state index contributed by atoms with van der Waals surface area (Å²) in [5, 5.41) is 2.77. The van der Waals surface area contributed by atoms with Crippen LogP contribution in [0.2, 0.25) is 0 Å². The van der Waals surface area contributed by atoms with Crippen LogP contribution in [0.15, 0.2) is 60.8 Å². The average Bonchev–Trinajstić information content (AvgIpc) is 3.08. The first-order valence-corrected chi connectivity index (χ1v) is 9.77. The molecular weight excluding hydrogens is 378 g/mol. The highest BCUT2D eigenvalue weighted by Gasteiger charge is 2.28. The van der Waals surface area contributed by atoms with E-state index in [2.05, 4.69) is 39.6 Å². The topological polar surface area (TPSA) is 116 Å². The molecule has 7 nitrogen and oxygen atoms in total. The number of hydrogen-bond donors (Lipinski definition) is 3. The molecule has 0 fully saturated rings. The van der Waals surface area contributed by atoms with Crippen LogP contribution in [0.4, 0.5) is 16.4 Å². The summed E-state index contributed by atoms with van der Waals surface area (Å²) in [6.07, 6.45) is 5.39. The fourth-order valence-electron chi connectivity index (χ4n) is 3.62. The van der Waals surface area contributed by atoms with Crippen molar-refractivity contribution >= 4 is 23.8 Å². The van der Waals surface area contributed by atoms with E-state index >= 15 is 0 Å². The van der Waals surface area contributed by atoms with Crippen LogP contribution in [0.25, 0.3) is 17.2 Å². The van der Waals surface area contributed by atoms with E-state index in [1.165, 1.54) is 22.3 Å². The van der Waals surface area contributed by atoms with Crippen molar-refractivity contribution in [2.45, 2.75) is 12.3 Å². The molecule has 2 aromatic carbocycles. The molecule has 0 atom stereocenters. The number of hydrogen-bond acceptors (Lipinski definition) is 6. The van der Waals surface area contributed by atoms with Crippen molar-refractivity contribution in [3.8, 4) is 11.1 Å². The third-order valence-corrected chi connectivity index (χ3v) is 5.06. The Hall–Kier alpha value is -3.87. The van der Waals surface area contributed by atoms with Gasteiger partial charge < -0.3 is 21.5 Å². The number of nitrogen functional groups attached to an aromatic ring is 2. The highest BCUT2D eigenvalue weighted by molar-refractivity contribution is 5.79. The fourth-order valence-corrected chi connectivity index (χ4v) is 3.62. The van der Waals surface area contributed by atoms with Gasteiger partial charge in [-0.1, -0.05) is 54.6 Å². The smallest absolute Gasteiger partial charge is 0.407 e. The monoisotopic (exact) mass is 401 g/mol. The zero-order chi connectivity index (χ0) is 20.9. The maximum atomic E-state index is 12.1. The van der Waals surface area contributed by atoms with E-state index in [0.717, 1.165) is 0 Å². The van der Waals surface area contributed by atoms with Crippen LogP contribution in [-0.4, -0.2) is 29.2 Å². The summed E-state index contributed by atoms with van der Waals surface area (Å²) >= 11 is 0. The molecule has 1 aliphatic carbocycles. The summed E-state index contributed by atoms with van der Waals surface area (Å²) in [6, 6.07) is 16.5. The summed E-state index contributed by atoms with van der Waals surface area (Å²) in [4.78, 5) is 20.2. The van der Waals surface area contributed by atoms with Crippen molar-refractivity contribution in [3.05, 3.63) is 77.6 Å². The highest BCUT2D eigenvalue weighted by Crippen LogP contribution is 2.44. The van der Waals surface area contributed by atoms with Crippen LogP contribution >= 0.6 is 0 Å². The van der Waals surface area contributed by atoms with E-state index in [-0.39, 0.29) is 17.6 Å². The number of carbonyl (C=O) groups is 1. The van der Waals surface area contributed by atoms with Crippen LogP contribution in [0.3, 0.4) is 0 Å². The number of nitrogens with zero attached hydrogens (tertiary/aromatic N) is 2. The number of fused-ring (bicyclic) bond motifs is 3. The number of nitrogens with two attached hydrogens (primary N) is 2. The number of amides is 1. The lowest BCUT2D eigenvalue weighted by atomic mass is 9.98. The molecule has 0 bridgehead atoms. The molecule has 0 spiro atoms. The van der Waals surface area contributed by atoms with Gasteiger partial charge in [0.25, 0.3) is 0 Å². The Morgan fingerprint density at radius 2 is 1.70 bits per heavy atom. The lowest BCUT2D eigenvalue weighted by molar-refractivity contribution is 0.143. The maximum absolute atomic E-state index is 12.1. The van der Waals surface area contributed by atoms with Gasteiger partial charge in [0.15, 0.2) is 11.6 Å². The molecule has 1 aliphatic rings. The number of ether oxygens (including phenoxy) is 1. The molecule has 3 aromatic rings. The Balaban J connectivity index is 1.27. The average molecular weight is 401 g/mol. The Morgan fingerprint density at radius 3 is 2.37 bits per heavy atom. The number of anilines is 2. The van der Waals surface area contributed by atoms with Crippen LogP contribution in [0.5, 0.6) is 0 Å². The van der Waals surface area contributed by atoms with Gasteiger partial charge in [0, 0.05) is 12.5 Å². The predicted octanol–water partition coefficient (Wildman–Crippen LogP) is 3.58. The van der Waals surface area contributed by atoms with Crippen LogP contribution in [0.1, 0.15) is 29.2 Å². The van der Waals surface area contributed by atoms with Crippen molar-refractivity contribution in [2.24, 2.45) is 0 Å². The molecule has 152 valence electrons. The van der Waals surface area contributed by atoms with Crippen LogP contribution in [-0.2, 0) is 4.74 Å². The lowest BCUT2D eigenvalue weighted by Gasteiger charge is -2.14. The molecule has 0 unspecified atom stereocenters. The van der Waals surface area contributed by atoms with Crippen molar-refractivity contribution in [1.29, 1.82) is 0 Å². The summed E-state index contributed by atoms with van der Waals surface area (Å²) < 4.78 is 5.51. The van der Waals surface area contributed by atoms with Crippen molar-refractivity contribution < 1.29 is 9.53 Å². The second kappa shape index (κ2) is 8.65. The second-order valence-corrected chi connectivity index (χ2v) is 7.01. The maximum Gasteiger partial charge on any atom is 0.407 e. The fraction of sp³-hybridized carbons (Fsp3) is 0.174. The van der Waals surface area contributed by atoms with Gasteiger partial charge in [0.2, 0.25) is 0 Å². The SMILES string of the molecule is Nc1ncc(C=CCCNC(=O)OCC2c3ccccc3-c3ccccc32)nc1N.